The van der Waals surface area contributed by atoms with Crippen LogP contribution in [0.1, 0.15) is 61.2 Å². The van der Waals surface area contributed by atoms with Gasteiger partial charge in [-0.3, -0.25) is 19.0 Å². The van der Waals surface area contributed by atoms with Crippen molar-refractivity contribution >= 4 is 52.7 Å². The molecule has 2 aromatic carbocycles. The second-order valence-corrected chi connectivity index (χ2v) is 14.3. The first kappa shape index (κ1) is 42.7. The molecule has 3 aromatic heterocycles. The van der Waals surface area contributed by atoms with Crippen molar-refractivity contribution in [3.05, 3.63) is 99.1 Å². The van der Waals surface area contributed by atoms with E-state index in [0.29, 0.717) is 54.6 Å². The van der Waals surface area contributed by atoms with Crippen molar-refractivity contribution in [3.8, 4) is 16.9 Å². The van der Waals surface area contributed by atoms with Gasteiger partial charge in [0.05, 0.1) is 49.3 Å². The summed E-state index contributed by atoms with van der Waals surface area (Å²) < 4.78 is 46.7. The number of piperazine rings is 1. The molecule has 0 radical (unpaired) electrons. The number of amides is 1. The van der Waals surface area contributed by atoms with Crippen molar-refractivity contribution in [1.29, 1.82) is 0 Å². The van der Waals surface area contributed by atoms with Gasteiger partial charge in [0.2, 0.25) is 11.7 Å². The molecule has 2 aliphatic rings. The highest BCUT2D eigenvalue weighted by molar-refractivity contribution is 6.31. The van der Waals surface area contributed by atoms with Gasteiger partial charge >= 0.3 is 18.1 Å². The molecule has 21 heteroatoms. The van der Waals surface area contributed by atoms with Gasteiger partial charge in [0.15, 0.2) is 5.15 Å². The number of anilines is 2. The summed E-state index contributed by atoms with van der Waals surface area (Å²) in [7, 11) is 0. The molecule has 1 amide bonds. The number of nitrogens with one attached hydrogen (secondary N) is 1. The zero-order chi connectivity index (χ0) is 42.3. The lowest BCUT2D eigenvalue weighted by Gasteiger charge is -2.41. The number of aromatic nitrogens is 6. The van der Waals surface area contributed by atoms with Crippen molar-refractivity contribution < 1.29 is 41.8 Å². The number of benzene rings is 2. The van der Waals surface area contributed by atoms with Gasteiger partial charge in [-0.2, -0.15) is 13.2 Å². The number of esters is 1. The lowest BCUT2D eigenvalue weighted by Crippen LogP contribution is -2.59. The smallest absolute Gasteiger partial charge is 0.399 e. The number of halogens is 5. The first-order valence-corrected chi connectivity index (χ1v) is 19.2. The largest absolute Gasteiger partial charge is 0.481 e. The number of nitrogens with zero attached hydrogens (tertiary/aromatic N) is 8. The van der Waals surface area contributed by atoms with Gasteiger partial charge in [-0.25, -0.2) is 19.4 Å². The van der Waals surface area contributed by atoms with Crippen LogP contribution in [0, 0.1) is 0 Å². The second-order valence-electron chi connectivity index (χ2n) is 13.5. The molecule has 16 nitrogen and oxygen atoms in total. The van der Waals surface area contributed by atoms with Crippen LogP contribution in [0.3, 0.4) is 0 Å². The number of carbonyl (C=O) groups is 3. The van der Waals surface area contributed by atoms with Crippen molar-refractivity contribution in [2.45, 2.75) is 57.3 Å². The summed E-state index contributed by atoms with van der Waals surface area (Å²) in [6, 6.07) is 14.1. The van der Waals surface area contributed by atoms with E-state index in [-0.39, 0.29) is 41.0 Å². The molecule has 0 aliphatic carbocycles. The van der Waals surface area contributed by atoms with Crippen LogP contribution in [0.15, 0.2) is 76.5 Å². The highest BCUT2D eigenvalue weighted by Crippen LogP contribution is 2.32. The molecule has 312 valence electrons. The highest BCUT2D eigenvalue weighted by atomic mass is 35.5. The van der Waals surface area contributed by atoms with Crippen LogP contribution in [0.2, 0.25) is 10.2 Å². The Labute approximate surface area is 344 Å². The van der Waals surface area contributed by atoms with E-state index in [1.165, 1.54) is 16.9 Å². The number of rotatable bonds is 7. The number of carboxylic acids is 1. The molecule has 2 N–H and O–H groups in total. The maximum absolute atomic E-state index is 13.9. The fourth-order valence-electron chi connectivity index (χ4n) is 6.78. The number of carbonyl (C=O) groups excluding carboxylic acids is 2. The Morgan fingerprint density at radius 2 is 1.85 bits per heavy atom. The van der Waals surface area contributed by atoms with E-state index in [4.69, 9.17) is 42.4 Å². The molecule has 1 fully saturated rings. The van der Waals surface area contributed by atoms with E-state index in [1.54, 1.807) is 42.2 Å². The Kier molecular flexibility index (Phi) is 13.6. The number of ether oxygens (including phenoxy) is 1. The van der Waals surface area contributed by atoms with E-state index < -0.39 is 30.6 Å². The molecule has 5 aromatic rings. The number of alkyl halides is 3. The molecule has 2 bridgehead atoms. The molecule has 59 heavy (non-hydrogen) atoms. The van der Waals surface area contributed by atoms with E-state index in [1.807, 2.05) is 29.2 Å². The Bertz CT molecular complexity index is 2350. The third-order valence-electron chi connectivity index (χ3n) is 9.43. The monoisotopic (exact) mass is 859 g/mol. The maximum atomic E-state index is 13.9. The van der Waals surface area contributed by atoms with Gasteiger partial charge in [-0.15, -0.1) is 5.10 Å². The molecular formula is C38H38Cl2F3N9O7. The lowest BCUT2D eigenvalue weighted by molar-refractivity contribution is -0.166. The van der Waals surface area contributed by atoms with Gasteiger partial charge in [0, 0.05) is 42.0 Å². The number of fused-ring (bicyclic) bond motifs is 4. The summed E-state index contributed by atoms with van der Waals surface area (Å²) in [6.07, 6.45) is 1.33. The standard InChI is InChI=1S/C35H35Cl2N9O5.C3H3F3O2/c1-2-50-34(49)30-18-39-35(51-30)43-13-14-44-24-8-6-7-22(15-24)27(9-4-3-5-12-38-33(48)29(44)19-43)45-21-40-26(17-32(45)47)25-16-23(36)10-11-28(25)46-20-31(37)41-42-46;4-3(5,6)1-2(7)8/h6-8,10-11,15-18,20-21,27,29H,2-5,9,12-14,19H2,1H3,(H,38,48);1H2,(H,7,8)/t27-,29+;/m0./s1. The average Bonchev–Trinajstić information content (AvgIpc) is 3.87. The van der Waals surface area contributed by atoms with Crippen LogP contribution in [0.5, 0.6) is 0 Å². The Morgan fingerprint density at radius 1 is 1.03 bits per heavy atom. The van der Waals surface area contributed by atoms with Gasteiger partial charge in [-0.05, 0) is 55.7 Å². The molecule has 0 spiro atoms. The normalized spacial score (nSPS) is 17.3. The zero-order valence-corrected chi connectivity index (χ0v) is 33.0. The summed E-state index contributed by atoms with van der Waals surface area (Å²) in [4.78, 5) is 62.0. The summed E-state index contributed by atoms with van der Waals surface area (Å²) in [5, 5.41) is 19.3. The van der Waals surface area contributed by atoms with Gasteiger partial charge in [0.1, 0.15) is 12.5 Å². The fraction of sp³-hybridized carbons (Fsp3) is 0.368. The second kappa shape index (κ2) is 18.8. The minimum atomic E-state index is -4.58. The van der Waals surface area contributed by atoms with Crippen molar-refractivity contribution in [2.24, 2.45) is 0 Å². The Morgan fingerprint density at radius 3 is 2.54 bits per heavy atom. The Balaban J connectivity index is 0.000000664. The fourth-order valence-corrected chi connectivity index (χ4v) is 7.08. The maximum Gasteiger partial charge on any atom is 0.399 e. The molecule has 2 aliphatic heterocycles. The number of carboxylic acid groups (broad SMARTS) is 1. The molecule has 2 atom stereocenters. The first-order chi connectivity index (χ1) is 28.2. The quantitative estimate of drug-likeness (QED) is 0.183. The minimum Gasteiger partial charge on any atom is -0.481 e. The molecule has 0 saturated carbocycles. The number of hydrogen-bond donors (Lipinski definition) is 2. The number of oxazole rings is 1. The summed E-state index contributed by atoms with van der Waals surface area (Å²) in [5.74, 6) is -2.53. The summed E-state index contributed by atoms with van der Waals surface area (Å²) in [5.41, 5.74) is 3.22. The molecule has 1 saturated heterocycles. The van der Waals surface area contributed by atoms with Crippen molar-refractivity contribution in [2.75, 3.05) is 42.6 Å². The van der Waals surface area contributed by atoms with Gasteiger partial charge in [0.25, 0.3) is 11.6 Å². The van der Waals surface area contributed by atoms with Crippen LogP contribution < -0.4 is 20.7 Å². The SMILES string of the molecule is CCOC(=O)c1cnc(N2CCN3c4cccc(c4)[C@@H](n4cnc(-c5cc(Cl)ccc5-n5cc(Cl)nn5)cc4=O)CCCCCNC(=O)[C@H]3C2)o1.O=C(O)CC(F)(F)F. The number of aliphatic carboxylic acids is 1. The lowest BCUT2D eigenvalue weighted by atomic mass is 9.98. The molecule has 0 unspecified atom stereocenters. The minimum absolute atomic E-state index is 0.0123. The Hall–Kier alpha value is -5.95. The predicted octanol–water partition coefficient (Wildman–Crippen LogP) is 5.96. The van der Waals surface area contributed by atoms with Crippen LogP contribution >= 0.6 is 23.2 Å². The topological polar surface area (TPSA) is 191 Å². The van der Waals surface area contributed by atoms with Crippen LogP contribution in [-0.4, -0.2) is 97.5 Å². The molecular weight excluding hydrogens is 822 g/mol. The number of hydrogen-bond acceptors (Lipinski definition) is 12. The van der Waals surface area contributed by atoms with Gasteiger partial charge < -0.3 is 29.4 Å². The van der Waals surface area contributed by atoms with Crippen molar-refractivity contribution in [1.82, 2.24) is 34.8 Å². The average molecular weight is 861 g/mol. The van der Waals surface area contributed by atoms with E-state index in [9.17, 15) is 32.3 Å². The molecule has 5 heterocycles. The molecule has 7 rings (SSSR count). The zero-order valence-electron chi connectivity index (χ0n) is 31.4. The van der Waals surface area contributed by atoms with Crippen LogP contribution in [0.25, 0.3) is 16.9 Å². The van der Waals surface area contributed by atoms with E-state index >= 15 is 0 Å². The third-order valence-corrected chi connectivity index (χ3v) is 9.84. The van der Waals surface area contributed by atoms with E-state index in [0.717, 1.165) is 30.5 Å². The third kappa shape index (κ3) is 10.8. The summed E-state index contributed by atoms with van der Waals surface area (Å²) in [6.45, 7) is 3.73. The van der Waals surface area contributed by atoms with Crippen molar-refractivity contribution in [3.63, 3.8) is 0 Å². The van der Waals surface area contributed by atoms with Crippen LogP contribution in [0.4, 0.5) is 24.9 Å². The van der Waals surface area contributed by atoms with Gasteiger partial charge in [-0.1, -0.05) is 53.4 Å². The first-order valence-electron chi connectivity index (χ1n) is 18.5. The van der Waals surface area contributed by atoms with Crippen LogP contribution in [-0.2, 0) is 14.3 Å². The predicted molar refractivity (Wildman–Crippen MR) is 209 cm³/mol. The van der Waals surface area contributed by atoms with E-state index in [2.05, 4.69) is 25.5 Å². The highest BCUT2D eigenvalue weighted by Gasteiger charge is 2.35. The summed E-state index contributed by atoms with van der Waals surface area (Å²) >= 11 is 12.4.